The van der Waals surface area contributed by atoms with Gasteiger partial charge >= 0.3 is 0 Å². The van der Waals surface area contributed by atoms with Gasteiger partial charge in [-0.25, -0.2) is 4.39 Å². The van der Waals surface area contributed by atoms with Gasteiger partial charge in [0.05, 0.1) is 17.7 Å². The van der Waals surface area contributed by atoms with E-state index in [-0.39, 0.29) is 11.6 Å². The first-order valence-corrected chi connectivity index (χ1v) is 6.79. The number of amides is 1. The van der Waals surface area contributed by atoms with Crippen molar-refractivity contribution in [1.82, 2.24) is 5.32 Å². The number of rotatable bonds is 5. The Labute approximate surface area is 114 Å². The standard InChI is InChI=1S/C13H15FN2O2S/c1-2-18-7-6-16-13(17)12-11(15)10-8(14)4-3-5-9(10)19-12/h3-5H,2,6-7,15H2,1H3,(H,16,17). The summed E-state index contributed by atoms with van der Waals surface area (Å²) in [7, 11) is 0. The molecule has 0 bridgehead atoms. The predicted molar refractivity (Wildman–Crippen MR) is 75.0 cm³/mol. The molecule has 1 aromatic carbocycles. The van der Waals surface area contributed by atoms with E-state index < -0.39 is 5.82 Å². The lowest BCUT2D eigenvalue weighted by Gasteiger charge is -2.04. The molecule has 0 atom stereocenters. The van der Waals surface area contributed by atoms with Crippen LogP contribution >= 0.6 is 11.3 Å². The molecule has 0 aliphatic rings. The Kier molecular flexibility index (Phi) is 4.34. The number of nitrogens with one attached hydrogen (secondary N) is 1. The molecule has 0 fully saturated rings. The number of nitrogen functional groups attached to an aromatic ring is 1. The molecule has 0 unspecified atom stereocenters. The van der Waals surface area contributed by atoms with Crippen LogP contribution in [0.15, 0.2) is 18.2 Å². The average Bonchev–Trinajstić information content (AvgIpc) is 2.73. The van der Waals surface area contributed by atoms with E-state index >= 15 is 0 Å². The van der Waals surface area contributed by atoms with E-state index in [1.54, 1.807) is 12.1 Å². The third-order valence-corrected chi connectivity index (χ3v) is 3.81. The van der Waals surface area contributed by atoms with Gasteiger partial charge in [-0.2, -0.15) is 0 Å². The second kappa shape index (κ2) is 5.99. The molecule has 19 heavy (non-hydrogen) atoms. The van der Waals surface area contributed by atoms with Crippen molar-refractivity contribution in [1.29, 1.82) is 0 Å². The Hall–Kier alpha value is -1.66. The van der Waals surface area contributed by atoms with Crippen molar-refractivity contribution in [2.75, 3.05) is 25.5 Å². The number of carbonyl (C=O) groups excluding carboxylic acids is 1. The van der Waals surface area contributed by atoms with Crippen LogP contribution in [0.4, 0.5) is 10.1 Å². The number of ether oxygens (including phenoxy) is 1. The number of fused-ring (bicyclic) bond motifs is 1. The maximum Gasteiger partial charge on any atom is 0.263 e. The fourth-order valence-electron chi connectivity index (χ4n) is 1.76. The van der Waals surface area contributed by atoms with Crippen molar-refractivity contribution in [2.45, 2.75) is 6.92 Å². The van der Waals surface area contributed by atoms with Crippen LogP contribution in [0.3, 0.4) is 0 Å². The molecule has 3 N–H and O–H groups in total. The first kappa shape index (κ1) is 13.8. The Bertz CT molecular complexity index is 598. The number of hydrogen-bond donors (Lipinski definition) is 2. The Balaban J connectivity index is 2.18. The van der Waals surface area contributed by atoms with Crippen molar-refractivity contribution in [3.05, 3.63) is 28.9 Å². The van der Waals surface area contributed by atoms with Crippen LogP contribution < -0.4 is 11.1 Å². The molecule has 102 valence electrons. The SMILES string of the molecule is CCOCCNC(=O)c1sc2cccc(F)c2c1N. The molecular weight excluding hydrogens is 267 g/mol. The zero-order chi connectivity index (χ0) is 13.8. The average molecular weight is 282 g/mol. The van der Waals surface area contributed by atoms with Gasteiger partial charge in [-0.1, -0.05) is 6.07 Å². The van der Waals surface area contributed by atoms with E-state index in [2.05, 4.69) is 5.32 Å². The lowest BCUT2D eigenvalue weighted by atomic mass is 10.2. The van der Waals surface area contributed by atoms with Gasteiger partial charge in [0, 0.05) is 17.9 Å². The maximum atomic E-state index is 13.7. The third-order valence-electron chi connectivity index (χ3n) is 2.64. The van der Waals surface area contributed by atoms with Crippen molar-refractivity contribution >= 4 is 33.0 Å². The van der Waals surface area contributed by atoms with Gasteiger partial charge < -0.3 is 15.8 Å². The molecule has 6 heteroatoms. The summed E-state index contributed by atoms with van der Waals surface area (Å²) >= 11 is 1.19. The highest BCUT2D eigenvalue weighted by Crippen LogP contribution is 2.35. The minimum absolute atomic E-state index is 0.201. The van der Waals surface area contributed by atoms with Crippen LogP contribution in [-0.4, -0.2) is 25.7 Å². The first-order chi connectivity index (χ1) is 9.15. The highest BCUT2D eigenvalue weighted by molar-refractivity contribution is 7.21. The van der Waals surface area contributed by atoms with Gasteiger partial charge in [-0.15, -0.1) is 11.3 Å². The lowest BCUT2D eigenvalue weighted by Crippen LogP contribution is -2.27. The number of thiophene rings is 1. The van der Waals surface area contributed by atoms with E-state index in [0.717, 1.165) is 0 Å². The summed E-state index contributed by atoms with van der Waals surface area (Å²) in [6.07, 6.45) is 0. The maximum absolute atomic E-state index is 13.7. The molecular formula is C13H15FN2O2S. The zero-order valence-electron chi connectivity index (χ0n) is 10.5. The van der Waals surface area contributed by atoms with E-state index in [1.807, 2.05) is 6.92 Å². The Morgan fingerprint density at radius 2 is 2.32 bits per heavy atom. The Morgan fingerprint density at radius 3 is 3.00 bits per heavy atom. The minimum Gasteiger partial charge on any atom is -0.397 e. The number of nitrogens with two attached hydrogens (primary N) is 1. The third kappa shape index (κ3) is 2.85. The Morgan fingerprint density at radius 1 is 1.53 bits per heavy atom. The number of anilines is 1. The second-order valence-electron chi connectivity index (χ2n) is 3.91. The summed E-state index contributed by atoms with van der Waals surface area (Å²) in [6.45, 7) is 3.34. The molecule has 2 aromatic rings. The molecule has 0 saturated carbocycles. The van der Waals surface area contributed by atoms with Crippen LogP contribution in [0.2, 0.25) is 0 Å². The van der Waals surface area contributed by atoms with E-state index in [1.165, 1.54) is 17.4 Å². The van der Waals surface area contributed by atoms with Crippen LogP contribution in [0.1, 0.15) is 16.6 Å². The molecule has 0 spiro atoms. The van der Waals surface area contributed by atoms with Crippen molar-refractivity contribution in [2.24, 2.45) is 0 Å². The fourth-order valence-corrected chi connectivity index (χ4v) is 2.81. The zero-order valence-corrected chi connectivity index (χ0v) is 11.3. The number of halogens is 1. The lowest BCUT2D eigenvalue weighted by molar-refractivity contribution is 0.0927. The monoisotopic (exact) mass is 282 g/mol. The largest absolute Gasteiger partial charge is 0.397 e. The highest BCUT2D eigenvalue weighted by Gasteiger charge is 2.18. The van der Waals surface area contributed by atoms with Gasteiger partial charge in [0.1, 0.15) is 10.7 Å². The van der Waals surface area contributed by atoms with E-state index in [4.69, 9.17) is 10.5 Å². The number of carbonyl (C=O) groups is 1. The van der Waals surface area contributed by atoms with Gasteiger partial charge in [-0.05, 0) is 19.1 Å². The van der Waals surface area contributed by atoms with Crippen LogP contribution in [-0.2, 0) is 4.74 Å². The van der Waals surface area contributed by atoms with Crippen LogP contribution in [0.5, 0.6) is 0 Å². The minimum atomic E-state index is -0.403. The summed E-state index contributed by atoms with van der Waals surface area (Å²) in [4.78, 5) is 12.3. The topological polar surface area (TPSA) is 64.3 Å². The molecule has 0 aliphatic carbocycles. The second-order valence-corrected chi connectivity index (χ2v) is 4.96. The molecule has 0 radical (unpaired) electrons. The predicted octanol–water partition coefficient (Wildman–Crippen LogP) is 2.39. The molecule has 0 aliphatic heterocycles. The molecule has 1 aromatic heterocycles. The van der Waals surface area contributed by atoms with Crippen molar-refractivity contribution in [3.63, 3.8) is 0 Å². The van der Waals surface area contributed by atoms with E-state index in [9.17, 15) is 9.18 Å². The molecule has 0 saturated heterocycles. The number of benzene rings is 1. The highest BCUT2D eigenvalue weighted by atomic mass is 32.1. The number of hydrogen-bond acceptors (Lipinski definition) is 4. The van der Waals surface area contributed by atoms with Crippen LogP contribution in [0.25, 0.3) is 10.1 Å². The van der Waals surface area contributed by atoms with Crippen LogP contribution in [0, 0.1) is 5.82 Å². The summed E-state index contributed by atoms with van der Waals surface area (Å²) in [6, 6.07) is 4.68. The quantitative estimate of drug-likeness (QED) is 0.828. The summed E-state index contributed by atoms with van der Waals surface area (Å²) < 4.78 is 19.5. The van der Waals surface area contributed by atoms with Crippen molar-refractivity contribution in [3.8, 4) is 0 Å². The van der Waals surface area contributed by atoms with Crippen molar-refractivity contribution < 1.29 is 13.9 Å². The molecule has 1 amide bonds. The molecule has 2 rings (SSSR count). The fraction of sp³-hybridized carbons (Fsp3) is 0.308. The summed E-state index contributed by atoms with van der Waals surface area (Å²) in [5, 5.41) is 3.02. The smallest absolute Gasteiger partial charge is 0.263 e. The normalized spacial score (nSPS) is 10.8. The first-order valence-electron chi connectivity index (χ1n) is 5.97. The van der Waals surface area contributed by atoms with Gasteiger partial charge in [-0.3, -0.25) is 4.79 Å². The molecule has 1 heterocycles. The van der Waals surface area contributed by atoms with E-state index in [0.29, 0.717) is 34.7 Å². The summed E-state index contributed by atoms with van der Waals surface area (Å²) in [5.74, 6) is -0.697. The van der Waals surface area contributed by atoms with Gasteiger partial charge in [0.2, 0.25) is 0 Å². The molecule has 4 nitrogen and oxygen atoms in total. The van der Waals surface area contributed by atoms with Gasteiger partial charge in [0.15, 0.2) is 0 Å². The van der Waals surface area contributed by atoms with Gasteiger partial charge in [0.25, 0.3) is 5.91 Å². The summed E-state index contributed by atoms with van der Waals surface area (Å²) in [5.41, 5.74) is 6.05.